The normalized spacial score (nSPS) is 28.3. The molecule has 5 heteroatoms. The number of benzene rings is 1. The fourth-order valence-electron chi connectivity index (χ4n) is 4.28. The van der Waals surface area contributed by atoms with Gasteiger partial charge >= 0.3 is 0 Å². The third-order valence-electron chi connectivity index (χ3n) is 5.22. The second kappa shape index (κ2) is 6.57. The van der Waals surface area contributed by atoms with Crippen molar-refractivity contribution in [3.05, 3.63) is 35.6 Å². The molecule has 4 nitrogen and oxygen atoms in total. The fraction of sp³-hybridized carbons (Fsp3) is 0.611. The predicted octanol–water partition coefficient (Wildman–Crippen LogP) is 1.85. The molecule has 1 aromatic rings. The molecule has 2 aliphatic heterocycles. The number of halogens is 1. The third kappa shape index (κ3) is 3.26. The Morgan fingerprint density at radius 2 is 2.00 bits per heavy atom. The molecule has 1 amide bonds. The highest BCUT2D eigenvalue weighted by molar-refractivity contribution is 5.82. The lowest BCUT2D eigenvalue weighted by Gasteiger charge is -2.33. The largest absolute Gasteiger partial charge is 0.358 e. The van der Waals surface area contributed by atoms with Gasteiger partial charge in [0, 0.05) is 38.8 Å². The maximum absolute atomic E-state index is 13.0. The minimum Gasteiger partial charge on any atom is -0.358 e. The summed E-state index contributed by atoms with van der Waals surface area (Å²) < 4.78 is 13.0. The monoisotopic (exact) mass is 319 g/mol. The van der Waals surface area contributed by atoms with Gasteiger partial charge in [-0.25, -0.2) is 4.39 Å². The van der Waals surface area contributed by atoms with Crippen molar-refractivity contribution in [2.45, 2.75) is 44.9 Å². The Hall–Kier alpha value is -1.46. The van der Waals surface area contributed by atoms with Crippen LogP contribution >= 0.6 is 0 Å². The maximum Gasteiger partial charge on any atom is 0.237 e. The third-order valence-corrected chi connectivity index (χ3v) is 5.22. The van der Waals surface area contributed by atoms with Crippen LogP contribution < -0.4 is 5.32 Å². The topological polar surface area (TPSA) is 35.6 Å². The number of carbonyl (C=O) groups excluding carboxylic acids is 1. The number of carbonyl (C=O) groups is 1. The van der Waals surface area contributed by atoms with Crippen LogP contribution in [0, 0.1) is 11.7 Å². The molecule has 0 unspecified atom stereocenters. The molecular weight excluding hydrogens is 293 g/mol. The summed E-state index contributed by atoms with van der Waals surface area (Å²) in [7, 11) is 1.72. The first-order valence-electron chi connectivity index (χ1n) is 8.45. The number of hydrogen-bond acceptors (Lipinski definition) is 3. The van der Waals surface area contributed by atoms with Gasteiger partial charge in [-0.05, 0) is 43.9 Å². The van der Waals surface area contributed by atoms with Gasteiger partial charge in [0.25, 0.3) is 0 Å². The van der Waals surface area contributed by atoms with Crippen LogP contribution in [0.25, 0.3) is 0 Å². The number of fused-ring (bicyclic) bond motifs is 1. The molecule has 0 aliphatic carbocycles. The number of amides is 1. The van der Waals surface area contributed by atoms with E-state index in [9.17, 15) is 9.18 Å². The molecule has 0 bridgehead atoms. The highest BCUT2D eigenvalue weighted by Crippen LogP contribution is 2.37. The van der Waals surface area contributed by atoms with Crippen molar-refractivity contribution in [2.24, 2.45) is 5.92 Å². The fourth-order valence-corrected chi connectivity index (χ4v) is 4.28. The summed E-state index contributed by atoms with van der Waals surface area (Å²) in [4.78, 5) is 17.0. The molecular formula is C18H26FN3O. The first-order valence-corrected chi connectivity index (χ1v) is 8.45. The van der Waals surface area contributed by atoms with Crippen LogP contribution in [0.2, 0.25) is 0 Å². The molecule has 0 spiro atoms. The number of nitrogens with zero attached hydrogens (tertiary/aromatic N) is 2. The van der Waals surface area contributed by atoms with Crippen molar-refractivity contribution >= 4 is 5.91 Å². The van der Waals surface area contributed by atoms with Crippen LogP contribution in [0.1, 0.15) is 25.8 Å². The van der Waals surface area contributed by atoms with E-state index in [0.29, 0.717) is 18.0 Å². The van der Waals surface area contributed by atoms with Crippen molar-refractivity contribution in [3.8, 4) is 0 Å². The van der Waals surface area contributed by atoms with Crippen LogP contribution in [-0.2, 0) is 11.3 Å². The lowest BCUT2D eigenvalue weighted by molar-refractivity contribution is -0.126. The Morgan fingerprint density at radius 3 is 2.61 bits per heavy atom. The second-order valence-electron chi connectivity index (χ2n) is 7.05. The smallest absolute Gasteiger partial charge is 0.237 e. The molecule has 1 aromatic carbocycles. The van der Waals surface area contributed by atoms with Crippen molar-refractivity contribution in [1.29, 1.82) is 0 Å². The molecule has 23 heavy (non-hydrogen) atoms. The zero-order valence-electron chi connectivity index (χ0n) is 14.1. The van der Waals surface area contributed by atoms with Gasteiger partial charge in [-0.2, -0.15) is 0 Å². The molecule has 0 saturated carbocycles. The lowest BCUT2D eigenvalue weighted by atomic mass is 10.0. The summed E-state index contributed by atoms with van der Waals surface area (Å²) >= 11 is 0. The van der Waals surface area contributed by atoms with E-state index < -0.39 is 0 Å². The Kier molecular flexibility index (Phi) is 4.69. The van der Waals surface area contributed by atoms with E-state index in [1.807, 2.05) is 12.1 Å². The van der Waals surface area contributed by atoms with E-state index in [1.54, 1.807) is 7.05 Å². The lowest BCUT2D eigenvalue weighted by Crippen LogP contribution is -2.50. The van der Waals surface area contributed by atoms with Crippen molar-refractivity contribution in [2.75, 3.05) is 20.1 Å². The minimum atomic E-state index is -0.188. The standard InChI is InChI=1S/C18H26FN3O/c1-12(2)22-16(18(23)20-3)8-14-10-21(11-17(14)22)9-13-4-6-15(19)7-5-13/h4-7,12,14,16-17H,8-11H2,1-3H3,(H,20,23)/t14-,16-,17+/m0/s1. The first-order chi connectivity index (χ1) is 11.0. The number of rotatable bonds is 4. The van der Waals surface area contributed by atoms with Gasteiger partial charge in [0.05, 0.1) is 6.04 Å². The second-order valence-corrected chi connectivity index (χ2v) is 7.05. The predicted molar refractivity (Wildman–Crippen MR) is 88.4 cm³/mol. The zero-order valence-corrected chi connectivity index (χ0v) is 14.1. The summed E-state index contributed by atoms with van der Waals surface area (Å²) in [5.41, 5.74) is 1.14. The molecule has 3 atom stereocenters. The number of likely N-dealkylation sites (tertiary alicyclic amines) is 2. The molecule has 2 fully saturated rings. The molecule has 0 radical (unpaired) electrons. The Labute approximate surface area is 137 Å². The van der Waals surface area contributed by atoms with Gasteiger partial charge in [0.15, 0.2) is 0 Å². The van der Waals surface area contributed by atoms with Crippen LogP contribution in [0.3, 0.4) is 0 Å². The highest BCUT2D eigenvalue weighted by atomic mass is 19.1. The minimum absolute atomic E-state index is 0.00275. The van der Waals surface area contributed by atoms with Gasteiger partial charge in [-0.3, -0.25) is 14.6 Å². The summed E-state index contributed by atoms with van der Waals surface area (Å²) in [6, 6.07) is 7.56. The molecule has 0 aromatic heterocycles. The van der Waals surface area contributed by atoms with Gasteiger partial charge < -0.3 is 5.32 Å². The van der Waals surface area contributed by atoms with E-state index in [-0.39, 0.29) is 17.8 Å². The average molecular weight is 319 g/mol. The zero-order chi connectivity index (χ0) is 16.6. The van der Waals surface area contributed by atoms with Gasteiger partial charge in [-0.1, -0.05) is 12.1 Å². The average Bonchev–Trinajstić information content (AvgIpc) is 3.05. The quantitative estimate of drug-likeness (QED) is 0.920. The van der Waals surface area contributed by atoms with Crippen LogP contribution in [0.5, 0.6) is 0 Å². The summed E-state index contributed by atoms with van der Waals surface area (Å²) in [6.45, 7) is 7.18. The summed E-state index contributed by atoms with van der Waals surface area (Å²) in [5, 5.41) is 2.81. The first kappa shape index (κ1) is 16.4. The van der Waals surface area contributed by atoms with Crippen molar-refractivity contribution in [1.82, 2.24) is 15.1 Å². The van der Waals surface area contributed by atoms with E-state index >= 15 is 0 Å². The molecule has 2 heterocycles. The van der Waals surface area contributed by atoms with Gasteiger partial charge in [0.1, 0.15) is 5.82 Å². The van der Waals surface area contributed by atoms with Crippen LogP contribution in [0.15, 0.2) is 24.3 Å². The van der Waals surface area contributed by atoms with E-state index in [0.717, 1.165) is 31.6 Å². The van der Waals surface area contributed by atoms with E-state index in [4.69, 9.17) is 0 Å². The van der Waals surface area contributed by atoms with Gasteiger partial charge in [-0.15, -0.1) is 0 Å². The molecule has 126 valence electrons. The highest BCUT2D eigenvalue weighted by Gasteiger charge is 2.49. The number of hydrogen-bond donors (Lipinski definition) is 1. The number of nitrogens with one attached hydrogen (secondary N) is 1. The van der Waals surface area contributed by atoms with Crippen LogP contribution in [-0.4, -0.2) is 54.0 Å². The maximum atomic E-state index is 13.0. The molecule has 2 saturated heterocycles. The molecule has 1 N–H and O–H groups in total. The summed E-state index contributed by atoms with van der Waals surface area (Å²) in [5.74, 6) is 0.491. The van der Waals surface area contributed by atoms with E-state index in [1.165, 1.54) is 12.1 Å². The molecule has 2 aliphatic rings. The Bertz CT molecular complexity index is 560. The molecule has 3 rings (SSSR count). The van der Waals surface area contributed by atoms with Crippen molar-refractivity contribution in [3.63, 3.8) is 0 Å². The Balaban J connectivity index is 1.67. The summed E-state index contributed by atoms with van der Waals surface area (Å²) in [6.07, 6.45) is 0.933. The van der Waals surface area contributed by atoms with Crippen LogP contribution in [0.4, 0.5) is 4.39 Å². The van der Waals surface area contributed by atoms with Gasteiger partial charge in [0.2, 0.25) is 5.91 Å². The van der Waals surface area contributed by atoms with Crippen molar-refractivity contribution < 1.29 is 9.18 Å². The number of likely N-dealkylation sites (N-methyl/N-ethyl adjacent to an activating group) is 1. The SMILES string of the molecule is CNC(=O)[C@@H]1C[C@H]2CN(Cc3ccc(F)cc3)C[C@H]2N1C(C)C. The Morgan fingerprint density at radius 1 is 1.30 bits per heavy atom. The van der Waals surface area contributed by atoms with E-state index in [2.05, 4.69) is 29.0 Å².